The Morgan fingerprint density at radius 2 is 2.28 bits per heavy atom. The lowest BCUT2D eigenvalue weighted by atomic mass is 9.75. The lowest BCUT2D eigenvalue weighted by molar-refractivity contribution is -0.121. The van der Waals surface area contributed by atoms with Gasteiger partial charge in [-0.1, -0.05) is 28.1 Å². The van der Waals surface area contributed by atoms with Gasteiger partial charge in [-0.05, 0) is 60.1 Å². The Balaban J connectivity index is 3.04. The molecule has 0 spiro atoms. The average Bonchev–Trinajstić information content (AvgIpc) is 2.37. The molecule has 1 aromatic carbocycles. The number of Topliss-reactive ketones (excluding diaryl/α,β-unsaturated/α-hetero) is 1. The van der Waals surface area contributed by atoms with E-state index in [1.165, 1.54) is 0 Å². The number of carbonyl (C=O) groups excluding carboxylic acids is 1. The number of ketones is 1. The number of terminal acetylenes is 1. The van der Waals surface area contributed by atoms with Crippen molar-refractivity contribution in [3.8, 4) is 12.3 Å². The van der Waals surface area contributed by atoms with E-state index >= 15 is 0 Å². The van der Waals surface area contributed by atoms with Crippen LogP contribution in [0.25, 0.3) is 0 Å². The highest BCUT2D eigenvalue weighted by atomic mass is 127. The molecule has 1 atom stereocenters. The molecule has 0 amide bonds. The van der Waals surface area contributed by atoms with Gasteiger partial charge in [0.1, 0.15) is 0 Å². The molecule has 0 saturated carbocycles. The summed E-state index contributed by atoms with van der Waals surface area (Å²) in [5.74, 6) is 2.85. The first-order valence-corrected chi connectivity index (χ1v) is 8.03. The maximum Gasteiger partial charge on any atom is 0.153 e. The molecule has 1 rings (SSSR count). The summed E-state index contributed by atoms with van der Waals surface area (Å²) in [7, 11) is 0. The quantitative estimate of drug-likeness (QED) is 0.291. The van der Waals surface area contributed by atoms with Gasteiger partial charge >= 0.3 is 0 Å². The summed E-state index contributed by atoms with van der Waals surface area (Å²) in [6.45, 7) is 2.01. The van der Waals surface area contributed by atoms with Crippen molar-refractivity contribution in [2.24, 2.45) is 0 Å². The van der Waals surface area contributed by atoms with Crippen LogP contribution in [0.3, 0.4) is 0 Å². The third-order valence-corrected chi connectivity index (χ3v) is 4.38. The highest BCUT2D eigenvalue weighted by Gasteiger charge is 2.33. The van der Waals surface area contributed by atoms with Crippen LogP contribution in [0, 0.1) is 15.9 Å². The van der Waals surface area contributed by atoms with E-state index < -0.39 is 5.41 Å². The fraction of sp³-hybridized carbons (Fsp3) is 0.400. The van der Waals surface area contributed by atoms with Crippen LogP contribution in [-0.2, 0) is 10.2 Å². The van der Waals surface area contributed by atoms with E-state index in [4.69, 9.17) is 6.42 Å². The normalized spacial score (nSPS) is 13.7. The zero-order valence-electron chi connectivity index (χ0n) is 10.4. The SMILES string of the molecule is C#CCCCC(C)(C(=O)CBr)c1cccc(I)c1. The molecule has 0 aliphatic rings. The Hall–Kier alpha value is -0.340. The lowest BCUT2D eigenvalue weighted by Crippen LogP contribution is -2.33. The Bertz CT molecular complexity index is 464. The van der Waals surface area contributed by atoms with Crippen LogP contribution in [0.5, 0.6) is 0 Å². The second kappa shape index (κ2) is 7.30. The van der Waals surface area contributed by atoms with Crippen LogP contribution in [0.2, 0.25) is 0 Å². The second-order valence-corrected chi connectivity index (χ2v) is 6.26. The van der Waals surface area contributed by atoms with Crippen LogP contribution in [0.4, 0.5) is 0 Å². The van der Waals surface area contributed by atoms with Crippen LogP contribution < -0.4 is 0 Å². The molecule has 0 fully saturated rings. The standard InChI is InChI=1S/C15H16BrIO/c1-3-4-5-9-15(2,14(18)11-16)12-7-6-8-13(17)10-12/h1,6-8,10H,4-5,9,11H2,2H3. The van der Waals surface area contributed by atoms with Gasteiger partial charge in [0, 0.05) is 9.99 Å². The van der Waals surface area contributed by atoms with Gasteiger partial charge in [-0.3, -0.25) is 4.79 Å². The summed E-state index contributed by atoms with van der Waals surface area (Å²) in [5, 5.41) is 0.380. The lowest BCUT2D eigenvalue weighted by Gasteiger charge is -2.28. The Kier molecular flexibility index (Phi) is 6.37. The summed E-state index contributed by atoms with van der Waals surface area (Å²) in [4.78, 5) is 12.2. The maximum atomic E-state index is 12.2. The van der Waals surface area contributed by atoms with Gasteiger partial charge in [-0.2, -0.15) is 0 Å². The van der Waals surface area contributed by atoms with Crippen molar-refractivity contribution in [2.45, 2.75) is 31.6 Å². The van der Waals surface area contributed by atoms with Gasteiger partial charge < -0.3 is 0 Å². The number of carbonyl (C=O) groups is 1. The molecule has 1 aromatic rings. The van der Waals surface area contributed by atoms with Crippen molar-refractivity contribution in [3.05, 3.63) is 33.4 Å². The van der Waals surface area contributed by atoms with Crippen LogP contribution >= 0.6 is 38.5 Å². The molecule has 0 aromatic heterocycles. The van der Waals surface area contributed by atoms with Crippen molar-refractivity contribution in [3.63, 3.8) is 0 Å². The molecule has 1 unspecified atom stereocenters. The fourth-order valence-corrected chi connectivity index (χ4v) is 3.13. The Labute approximate surface area is 131 Å². The van der Waals surface area contributed by atoms with Gasteiger partial charge in [-0.15, -0.1) is 12.3 Å². The maximum absolute atomic E-state index is 12.2. The first-order valence-electron chi connectivity index (χ1n) is 5.83. The van der Waals surface area contributed by atoms with Gasteiger partial charge in [0.2, 0.25) is 0 Å². The molecule has 0 saturated heterocycles. The topological polar surface area (TPSA) is 17.1 Å². The van der Waals surface area contributed by atoms with Crippen LogP contribution in [-0.4, -0.2) is 11.1 Å². The number of hydrogen-bond donors (Lipinski definition) is 0. The molecule has 1 nitrogen and oxygen atoms in total. The fourth-order valence-electron chi connectivity index (χ4n) is 1.97. The highest BCUT2D eigenvalue weighted by Crippen LogP contribution is 2.32. The molecule has 0 bridgehead atoms. The molecular weight excluding hydrogens is 403 g/mol. The van der Waals surface area contributed by atoms with E-state index in [0.717, 1.165) is 28.4 Å². The van der Waals surface area contributed by atoms with E-state index in [1.54, 1.807) is 0 Å². The Morgan fingerprint density at radius 1 is 1.56 bits per heavy atom. The van der Waals surface area contributed by atoms with E-state index in [2.05, 4.69) is 50.5 Å². The number of rotatable bonds is 6. The van der Waals surface area contributed by atoms with Gasteiger partial charge in [-0.25, -0.2) is 0 Å². The first kappa shape index (κ1) is 15.7. The second-order valence-electron chi connectivity index (χ2n) is 4.46. The molecule has 0 radical (unpaired) electrons. The van der Waals surface area contributed by atoms with Crippen molar-refractivity contribution in [2.75, 3.05) is 5.33 Å². The van der Waals surface area contributed by atoms with E-state index in [1.807, 2.05) is 25.1 Å². The molecule has 96 valence electrons. The summed E-state index contributed by atoms with van der Waals surface area (Å²) in [6, 6.07) is 8.14. The molecule has 3 heteroatoms. The van der Waals surface area contributed by atoms with Gasteiger partial charge in [0.05, 0.1) is 10.7 Å². The zero-order chi connectivity index (χ0) is 13.6. The third kappa shape index (κ3) is 3.83. The minimum Gasteiger partial charge on any atom is -0.298 e. The van der Waals surface area contributed by atoms with E-state index in [-0.39, 0.29) is 5.78 Å². The number of halogens is 2. The summed E-state index contributed by atoms with van der Waals surface area (Å²) in [6.07, 6.45) is 7.67. The van der Waals surface area contributed by atoms with Crippen LogP contribution in [0.15, 0.2) is 24.3 Å². The zero-order valence-corrected chi connectivity index (χ0v) is 14.1. The smallest absolute Gasteiger partial charge is 0.153 e. The monoisotopic (exact) mass is 418 g/mol. The third-order valence-electron chi connectivity index (χ3n) is 3.20. The minimum atomic E-state index is -0.443. The van der Waals surface area contributed by atoms with E-state index in [0.29, 0.717) is 5.33 Å². The minimum absolute atomic E-state index is 0.210. The van der Waals surface area contributed by atoms with E-state index in [9.17, 15) is 4.79 Å². The molecule has 0 aliphatic carbocycles. The summed E-state index contributed by atoms with van der Waals surface area (Å²) < 4.78 is 1.15. The molecule has 0 heterocycles. The summed E-state index contributed by atoms with van der Waals surface area (Å²) in [5.41, 5.74) is 0.637. The van der Waals surface area contributed by atoms with Gasteiger partial charge in [0.15, 0.2) is 5.78 Å². The number of benzene rings is 1. The number of unbranched alkanes of at least 4 members (excludes halogenated alkanes) is 1. The summed E-state index contributed by atoms with van der Waals surface area (Å²) >= 11 is 5.55. The predicted molar refractivity (Wildman–Crippen MR) is 88.0 cm³/mol. The van der Waals surface area contributed by atoms with Gasteiger partial charge in [0.25, 0.3) is 0 Å². The highest BCUT2D eigenvalue weighted by molar-refractivity contribution is 14.1. The molecular formula is C15H16BrIO. The number of alkyl halides is 1. The largest absolute Gasteiger partial charge is 0.298 e. The Morgan fingerprint density at radius 3 is 2.83 bits per heavy atom. The first-order chi connectivity index (χ1) is 8.54. The van der Waals surface area contributed by atoms with Crippen molar-refractivity contribution >= 4 is 44.3 Å². The molecule has 0 N–H and O–H groups in total. The number of hydrogen-bond acceptors (Lipinski definition) is 1. The van der Waals surface area contributed by atoms with Crippen LogP contribution in [0.1, 0.15) is 31.7 Å². The predicted octanol–water partition coefficient (Wildman–Crippen LogP) is 4.32. The van der Waals surface area contributed by atoms with Crippen molar-refractivity contribution in [1.29, 1.82) is 0 Å². The average molecular weight is 419 g/mol. The van der Waals surface area contributed by atoms with Crippen molar-refractivity contribution < 1.29 is 4.79 Å². The molecule has 0 aliphatic heterocycles. The van der Waals surface area contributed by atoms with Crippen molar-refractivity contribution in [1.82, 2.24) is 0 Å². The molecule has 18 heavy (non-hydrogen) atoms.